The number of carbonyl (C=O) groups excluding carboxylic acids is 1. The van der Waals surface area contributed by atoms with Crippen LogP contribution in [0.25, 0.3) is 0 Å². The van der Waals surface area contributed by atoms with E-state index in [4.69, 9.17) is 17.3 Å². The third-order valence-electron chi connectivity index (χ3n) is 3.73. The fraction of sp³-hybridized carbons (Fsp3) is 0.267. The maximum atomic E-state index is 12.0. The lowest BCUT2D eigenvalue weighted by Crippen LogP contribution is -2.52. The highest BCUT2D eigenvalue weighted by molar-refractivity contribution is 7.10. The number of amides is 1. The molecule has 1 aromatic carbocycles. The van der Waals surface area contributed by atoms with Gasteiger partial charge in [0.1, 0.15) is 0 Å². The molecule has 1 atom stereocenters. The Morgan fingerprint density at radius 3 is 2.75 bits per heavy atom. The summed E-state index contributed by atoms with van der Waals surface area (Å²) in [5.74, 6) is -0.524. The van der Waals surface area contributed by atoms with E-state index in [0.29, 0.717) is 6.54 Å². The minimum absolute atomic E-state index is 0.524. The first-order valence-electron chi connectivity index (χ1n) is 6.47. The molecule has 104 valence electrons. The highest BCUT2D eigenvalue weighted by Crippen LogP contribution is 2.37. The zero-order valence-electron chi connectivity index (χ0n) is 10.9. The van der Waals surface area contributed by atoms with Gasteiger partial charge in [0.25, 0.3) is 5.91 Å². The summed E-state index contributed by atoms with van der Waals surface area (Å²) in [5.41, 5.74) is 7.59. The van der Waals surface area contributed by atoms with Crippen molar-refractivity contribution in [1.82, 2.24) is 4.90 Å². The number of hydrogen-bond donors (Lipinski definition) is 1. The maximum absolute atomic E-state index is 12.0. The fourth-order valence-electron chi connectivity index (χ4n) is 2.65. The lowest BCUT2D eigenvalue weighted by molar-refractivity contribution is -0.126. The molecule has 0 saturated carbocycles. The molecule has 0 saturated heterocycles. The number of fused-ring (bicyclic) bond motifs is 1. The van der Waals surface area contributed by atoms with Gasteiger partial charge in [-0.05, 0) is 29.0 Å². The summed E-state index contributed by atoms with van der Waals surface area (Å²) in [6.45, 7) is 1.38. The number of carbonyl (C=O) groups is 1. The molecule has 1 aliphatic rings. The Hall–Kier alpha value is -1.36. The van der Waals surface area contributed by atoms with Crippen LogP contribution in [0.5, 0.6) is 0 Å². The van der Waals surface area contributed by atoms with Crippen molar-refractivity contribution in [2.24, 2.45) is 5.73 Å². The van der Waals surface area contributed by atoms with E-state index in [-0.39, 0.29) is 0 Å². The smallest absolute Gasteiger partial charge is 0.258 e. The minimum atomic E-state index is -1.28. The summed E-state index contributed by atoms with van der Waals surface area (Å²) in [6, 6.07) is 11.4. The van der Waals surface area contributed by atoms with Gasteiger partial charge in [0, 0.05) is 18.0 Å². The van der Waals surface area contributed by atoms with Crippen molar-refractivity contribution in [1.29, 1.82) is 0 Å². The van der Waals surface area contributed by atoms with Gasteiger partial charge < -0.3 is 5.73 Å². The number of nitrogens with two attached hydrogens (primary N) is 1. The zero-order chi connectivity index (χ0) is 14.2. The minimum Gasteiger partial charge on any atom is -0.367 e. The van der Waals surface area contributed by atoms with Gasteiger partial charge in [-0.25, -0.2) is 0 Å². The highest BCUT2D eigenvalue weighted by Gasteiger charge is 2.43. The van der Waals surface area contributed by atoms with Crippen LogP contribution in [0.2, 0.25) is 0 Å². The van der Waals surface area contributed by atoms with Crippen molar-refractivity contribution in [3.05, 3.63) is 57.8 Å². The highest BCUT2D eigenvalue weighted by atomic mass is 35.5. The van der Waals surface area contributed by atoms with E-state index in [0.717, 1.165) is 18.5 Å². The molecule has 1 aromatic heterocycles. The lowest BCUT2D eigenvalue weighted by atomic mass is 10.00. The topological polar surface area (TPSA) is 46.3 Å². The van der Waals surface area contributed by atoms with Gasteiger partial charge >= 0.3 is 0 Å². The number of primary amides is 1. The van der Waals surface area contributed by atoms with Crippen LogP contribution < -0.4 is 5.73 Å². The standard InChI is InChI=1S/C15H15ClN2OS/c16-15(14(17)19,12-4-2-1-3-5-12)18-8-6-13-11(10-18)7-9-20-13/h1-5,7,9H,6,8,10H2,(H2,17,19). The van der Waals surface area contributed by atoms with Crippen LogP contribution in [0.15, 0.2) is 41.8 Å². The zero-order valence-corrected chi connectivity index (χ0v) is 12.5. The maximum Gasteiger partial charge on any atom is 0.258 e. The van der Waals surface area contributed by atoms with Crippen LogP contribution in [0.4, 0.5) is 0 Å². The molecular formula is C15H15ClN2OS. The second-order valence-corrected chi connectivity index (χ2v) is 6.44. The van der Waals surface area contributed by atoms with Crippen molar-refractivity contribution < 1.29 is 4.79 Å². The molecule has 1 aliphatic heterocycles. The Kier molecular flexibility index (Phi) is 3.54. The van der Waals surface area contributed by atoms with Crippen molar-refractivity contribution in [3.8, 4) is 0 Å². The SMILES string of the molecule is NC(=O)C(Cl)(c1ccccc1)N1CCc2sccc2C1. The van der Waals surface area contributed by atoms with Crippen LogP contribution in [-0.2, 0) is 22.8 Å². The fourth-order valence-corrected chi connectivity index (χ4v) is 3.81. The van der Waals surface area contributed by atoms with Crippen molar-refractivity contribution >= 4 is 28.8 Å². The van der Waals surface area contributed by atoms with Gasteiger partial charge in [-0.3, -0.25) is 9.69 Å². The Bertz CT molecular complexity index is 628. The first-order valence-corrected chi connectivity index (χ1v) is 7.73. The second-order valence-electron chi connectivity index (χ2n) is 4.89. The van der Waals surface area contributed by atoms with Gasteiger partial charge in [-0.2, -0.15) is 0 Å². The average Bonchev–Trinajstić information content (AvgIpc) is 2.94. The monoisotopic (exact) mass is 306 g/mol. The Morgan fingerprint density at radius 1 is 1.30 bits per heavy atom. The molecule has 0 radical (unpaired) electrons. The van der Waals surface area contributed by atoms with Gasteiger partial charge in [-0.1, -0.05) is 41.9 Å². The van der Waals surface area contributed by atoms with E-state index in [1.165, 1.54) is 10.4 Å². The van der Waals surface area contributed by atoms with E-state index >= 15 is 0 Å². The first-order chi connectivity index (χ1) is 9.62. The van der Waals surface area contributed by atoms with Crippen LogP contribution in [-0.4, -0.2) is 17.4 Å². The Balaban J connectivity index is 1.99. The second kappa shape index (κ2) is 5.20. The summed E-state index contributed by atoms with van der Waals surface area (Å²) in [6.07, 6.45) is 0.904. The molecule has 3 nitrogen and oxygen atoms in total. The molecule has 0 spiro atoms. The van der Waals surface area contributed by atoms with Crippen LogP contribution in [0.3, 0.4) is 0 Å². The number of halogens is 1. The molecule has 0 bridgehead atoms. The molecule has 2 aromatic rings. The molecule has 0 aliphatic carbocycles. The predicted octanol–water partition coefficient (Wildman–Crippen LogP) is 2.68. The van der Waals surface area contributed by atoms with Gasteiger partial charge in [0.2, 0.25) is 5.00 Å². The molecule has 3 rings (SSSR count). The Labute approximate surface area is 127 Å². The van der Waals surface area contributed by atoms with Gasteiger partial charge in [0.15, 0.2) is 0 Å². The van der Waals surface area contributed by atoms with E-state index in [1.54, 1.807) is 11.3 Å². The summed E-state index contributed by atoms with van der Waals surface area (Å²) >= 11 is 8.42. The summed E-state index contributed by atoms with van der Waals surface area (Å²) in [7, 11) is 0. The van der Waals surface area contributed by atoms with Crippen molar-refractivity contribution in [3.63, 3.8) is 0 Å². The predicted molar refractivity (Wildman–Crippen MR) is 81.6 cm³/mol. The van der Waals surface area contributed by atoms with Gasteiger partial charge in [0.05, 0.1) is 0 Å². The number of thiophene rings is 1. The third-order valence-corrected chi connectivity index (χ3v) is 5.39. The molecule has 1 unspecified atom stereocenters. The van der Waals surface area contributed by atoms with Crippen LogP contribution in [0, 0.1) is 0 Å². The lowest BCUT2D eigenvalue weighted by Gasteiger charge is -2.39. The molecule has 2 heterocycles. The molecule has 1 amide bonds. The molecule has 0 fully saturated rings. The Morgan fingerprint density at radius 2 is 2.05 bits per heavy atom. The van der Waals surface area contributed by atoms with E-state index in [2.05, 4.69) is 11.4 Å². The summed E-state index contributed by atoms with van der Waals surface area (Å²) in [5, 5.41) is 2.08. The summed E-state index contributed by atoms with van der Waals surface area (Å²) in [4.78, 5) is 14.1. The normalized spacial score (nSPS) is 18.2. The van der Waals surface area contributed by atoms with Crippen molar-refractivity contribution in [2.75, 3.05) is 6.54 Å². The molecular weight excluding hydrogens is 292 g/mol. The number of benzene rings is 1. The molecule has 20 heavy (non-hydrogen) atoms. The van der Waals surface area contributed by atoms with E-state index in [1.807, 2.05) is 35.2 Å². The first kappa shape index (κ1) is 13.6. The molecule has 5 heteroatoms. The third kappa shape index (κ3) is 2.14. The summed E-state index contributed by atoms with van der Waals surface area (Å²) < 4.78 is 0. The van der Waals surface area contributed by atoms with E-state index < -0.39 is 10.9 Å². The number of nitrogens with zero attached hydrogens (tertiary/aromatic N) is 1. The largest absolute Gasteiger partial charge is 0.367 e. The van der Waals surface area contributed by atoms with Crippen molar-refractivity contribution in [2.45, 2.75) is 18.0 Å². The number of alkyl halides is 1. The number of hydrogen-bond acceptors (Lipinski definition) is 3. The van der Waals surface area contributed by atoms with Gasteiger partial charge in [-0.15, -0.1) is 11.3 Å². The average molecular weight is 307 g/mol. The quantitative estimate of drug-likeness (QED) is 0.700. The van der Waals surface area contributed by atoms with Crippen LogP contribution in [0.1, 0.15) is 16.0 Å². The van der Waals surface area contributed by atoms with Crippen LogP contribution >= 0.6 is 22.9 Å². The molecule has 2 N–H and O–H groups in total. The number of rotatable bonds is 3. The van der Waals surface area contributed by atoms with E-state index in [9.17, 15) is 4.79 Å².